The van der Waals surface area contributed by atoms with Gasteiger partial charge in [0.15, 0.2) is 4.80 Å². The summed E-state index contributed by atoms with van der Waals surface area (Å²) < 4.78 is 46.2. The molecule has 3 aromatic rings. The van der Waals surface area contributed by atoms with Gasteiger partial charge in [0.25, 0.3) is 15.9 Å². The summed E-state index contributed by atoms with van der Waals surface area (Å²) in [6.07, 6.45) is 0.844. The molecule has 0 bridgehead atoms. The number of fused-ring (bicyclic) bond motifs is 1. The van der Waals surface area contributed by atoms with Crippen molar-refractivity contribution >= 4 is 66.4 Å². The number of thiazole rings is 1. The number of ether oxygens (including phenoxy) is 3. The van der Waals surface area contributed by atoms with E-state index in [4.69, 9.17) is 25.8 Å². The fraction of sp³-hybridized carbons (Fsp3) is 0.409. The van der Waals surface area contributed by atoms with E-state index in [0.717, 1.165) is 22.7 Å². The summed E-state index contributed by atoms with van der Waals surface area (Å²) in [5.74, 6) is -0.168. The molecule has 1 fully saturated rings. The zero-order chi connectivity index (χ0) is 26.0. The van der Waals surface area contributed by atoms with Crippen LogP contribution in [0.2, 0.25) is 4.34 Å². The number of thiophene rings is 1. The van der Waals surface area contributed by atoms with Gasteiger partial charge in [-0.3, -0.25) is 9.59 Å². The smallest absolute Gasteiger partial charge is 0.326 e. The number of halogens is 1. The minimum absolute atomic E-state index is 0.0703. The van der Waals surface area contributed by atoms with Crippen LogP contribution in [0.25, 0.3) is 10.2 Å². The maximum absolute atomic E-state index is 13.4. The molecule has 14 heteroatoms. The number of nitrogens with zero attached hydrogens (tertiary/aromatic N) is 3. The lowest BCUT2D eigenvalue weighted by Gasteiger charge is -2.20. The molecular weight excluding hydrogens is 550 g/mol. The Hall–Kier alpha value is -2.45. The van der Waals surface area contributed by atoms with Crippen LogP contribution in [0.3, 0.4) is 0 Å². The van der Waals surface area contributed by atoms with Gasteiger partial charge in [0, 0.05) is 6.54 Å². The number of aromatic nitrogens is 1. The minimum atomic E-state index is -3.92. The quantitative estimate of drug-likeness (QED) is 0.380. The highest BCUT2D eigenvalue weighted by Gasteiger charge is 2.40. The van der Waals surface area contributed by atoms with Gasteiger partial charge in [0.2, 0.25) is 0 Å². The van der Waals surface area contributed by atoms with Crippen molar-refractivity contribution < 1.29 is 32.2 Å². The van der Waals surface area contributed by atoms with Crippen LogP contribution in [0.5, 0.6) is 11.5 Å². The molecular formula is C22H24ClN3O7S3. The Morgan fingerprint density at radius 3 is 2.50 bits per heavy atom. The molecule has 36 heavy (non-hydrogen) atoms. The Kier molecular flexibility index (Phi) is 8.05. The molecule has 1 aliphatic heterocycles. The van der Waals surface area contributed by atoms with Crippen molar-refractivity contribution in [3.8, 4) is 11.5 Å². The van der Waals surface area contributed by atoms with E-state index in [1.165, 1.54) is 35.2 Å². The van der Waals surface area contributed by atoms with Crippen molar-refractivity contribution in [2.24, 2.45) is 4.99 Å². The molecule has 1 unspecified atom stereocenters. The third-order valence-electron chi connectivity index (χ3n) is 5.59. The molecule has 1 amide bonds. The van der Waals surface area contributed by atoms with Gasteiger partial charge in [-0.2, -0.15) is 9.30 Å². The first-order chi connectivity index (χ1) is 17.2. The first kappa shape index (κ1) is 26.6. The SMILES string of the molecule is CCOC(=O)Cn1c(=NC(=O)C2CCCN2S(=O)(=O)c2ccc(Cl)s2)sc2c(OC)ccc(OC)c21. The Morgan fingerprint density at radius 2 is 1.86 bits per heavy atom. The van der Waals surface area contributed by atoms with Crippen LogP contribution in [0.4, 0.5) is 0 Å². The van der Waals surface area contributed by atoms with Crippen molar-refractivity contribution in [1.29, 1.82) is 0 Å². The van der Waals surface area contributed by atoms with Gasteiger partial charge < -0.3 is 18.8 Å². The van der Waals surface area contributed by atoms with Crippen molar-refractivity contribution in [3.63, 3.8) is 0 Å². The molecule has 194 valence electrons. The van der Waals surface area contributed by atoms with Crippen molar-refractivity contribution in [2.45, 2.75) is 36.6 Å². The molecule has 0 saturated carbocycles. The fourth-order valence-electron chi connectivity index (χ4n) is 4.02. The lowest BCUT2D eigenvalue weighted by molar-refractivity contribution is -0.143. The Morgan fingerprint density at radius 1 is 1.14 bits per heavy atom. The topological polar surface area (TPSA) is 116 Å². The van der Waals surface area contributed by atoms with Gasteiger partial charge in [-0.25, -0.2) is 8.42 Å². The molecule has 1 aromatic carbocycles. The molecule has 10 nitrogen and oxygen atoms in total. The van der Waals surface area contributed by atoms with E-state index in [-0.39, 0.29) is 28.7 Å². The Balaban J connectivity index is 1.81. The van der Waals surface area contributed by atoms with Crippen LogP contribution >= 0.6 is 34.3 Å². The van der Waals surface area contributed by atoms with E-state index < -0.39 is 27.9 Å². The van der Waals surface area contributed by atoms with E-state index in [0.29, 0.717) is 38.9 Å². The van der Waals surface area contributed by atoms with Gasteiger partial charge >= 0.3 is 5.97 Å². The van der Waals surface area contributed by atoms with Crippen molar-refractivity contribution in [3.05, 3.63) is 33.4 Å². The molecule has 0 spiro atoms. The van der Waals surface area contributed by atoms with E-state index in [9.17, 15) is 18.0 Å². The predicted octanol–water partition coefficient (Wildman–Crippen LogP) is 3.28. The number of benzene rings is 1. The summed E-state index contributed by atoms with van der Waals surface area (Å²) in [7, 11) is -0.913. The van der Waals surface area contributed by atoms with Crippen LogP contribution in [0, 0.1) is 0 Å². The molecule has 1 saturated heterocycles. The average molecular weight is 574 g/mol. The van der Waals surface area contributed by atoms with E-state index >= 15 is 0 Å². The summed E-state index contributed by atoms with van der Waals surface area (Å²) in [6, 6.07) is 5.37. The van der Waals surface area contributed by atoms with Crippen LogP contribution in [0.1, 0.15) is 19.8 Å². The Labute approximate surface area is 220 Å². The summed E-state index contributed by atoms with van der Waals surface area (Å²) in [4.78, 5) is 30.3. The number of sulfonamides is 1. The molecule has 3 heterocycles. The summed E-state index contributed by atoms with van der Waals surface area (Å²) in [5, 5.41) is 0. The normalized spacial score (nSPS) is 17.0. The summed E-state index contributed by atoms with van der Waals surface area (Å²) in [5.41, 5.74) is 0.519. The van der Waals surface area contributed by atoms with Crippen LogP contribution < -0.4 is 14.3 Å². The molecule has 0 N–H and O–H groups in total. The number of carbonyl (C=O) groups excluding carboxylic acids is 2. The van der Waals surface area contributed by atoms with Crippen LogP contribution in [-0.4, -0.2) is 62.6 Å². The zero-order valence-corrected chi connectivity index (χ0v) is 22.9. The highest BCUT2D eigenvalue weighted by Crippen LogP contribution is 2.36. The predicted molar refractivity (Wildman–Crippen MR) is 136 cm³/mol. The third-order valence-corrected chi connectivity index (χ3v) is 10.3. The summed E-state index contributed by atoms with van der Waals surface area (Å²) in [6.45, 7) is 1.86. The second-order valence-corrected chi connectivity index (χ2v) is 12.5. The maximum atomic E-state index is 13.4. The number of methoxy groups -OCH3 is 2. The maximum Gasteiger partial charge on any atom is 0.326 e. The van der Waals surface area contributed by atoms with Gasteiger partial charge in [-0.1, -0.05) is 22.9 Å². The van der Waals surface area contributed by atoms with Crippen molar-refractivity contribution in [2.75, 3.05) is 27.4 Å². The molecule has 1 atom stereocenters. The number of amides is 1. The number of hydrogen-bond acceptors (Lipinski definition) is 9. The zero-order valence-electron chi connectivity index (χ0n) is 19.7. The molecule has 2 aromatic heterocycles. The van der Waals surface area contributed by atoms with Gasteiger partial charge in [0.05, 0.1) is 25.2 Å². The van der Waals surface area contributed by atoms with E-state index in [1.54, 1.807) is 19.1 Å². The lowest BCUT2D eigenvalue weighted by Crippen LogP contribution is -2.40. The van der Waals surface area contributed by atoms with Gasteiger partial charge in [-0.05, 0) is 44.0 Å². The Bertz CT molecular complexity index is 1480. The highest BCUT2D eigenvalue weighted by molar-refractivity contribution is 7.91. The average Bonchev–Trinajstić information content (AvgIpc) is 3.58. The number of esters is 1. The first-order valence-electron chi connectivity index (χ1n) is 11.0. The molecule has 0 radical (unpaired) electrons. The lowest BCUT2D eigenvalue weighted by atomic mass is 10.2. The standard InChI is InChI=1S/C22H24ClN3O7S3/c1-4-33-17(27)12-25-19-14(31-2)7-8-15(32-3)20(19)35-22(25)24-21(28)13-6-5-11-26(13)36(29,30)18-10-9-16(23)34-18/h7-10,13H,4-6,11-12H2,1-3H3. The van der Waals surface area contributed by atoms with Gasteiger partial charge in [-0.15, -0.1) is 11.3 Å². The number of carbonyl (C=O) groups is 2. The number of hydrogen-bond donors (Lipinski definition) is 0. The summed E-state index contributed by atoms with van der Waals surface area (Å²) >= 11 is 8.02. The van der Waals surface area contributed by atoms with E-state index in [2.05, 4.69) is 4.99 Å². The largest absolute Gasteiger partial charge is 0.495 e. The second-order valence-electron chi connectivity index (χ2n) is 7.71. The van der Waals surface area contributed by atoms with Crippen LogP contribution in [0.15, 0.2) is 33.5 Å². The minimum Gasteiger partial charge on any atom is -0.495 e. The van der Waals surface area contributed by atoms with Crippen molar-refractivity contribution in [1.82, 2.24) is 8.87 Å². The fourth-order valence-corrected chi connectivity index (χ4v) is 8.42. The van der Waals surface area contributed by atoms with Crippen LogP contribution in [-0.2, 0) is 30.9 Å². The third kappa shape index (κ3) is 5.02. The highest BCUT2D eigenvalue weighted by atomic mass is 35.5. The van der Waals surface area contributed by atoms with Gasteiger partial charge in [0.1, 0.15) is 38.5 Å². The molecule has 4 rings (SSSR count). The second kappa shape index (κ2) is 10.9. The molecule has 0 aliphatic carbocycles. The molecule has 1 aliphatic rings. The number of rotatable bonds is 8. The van der Waals surface area contributed by atoms with E-state index in [1.807, 2.05) is 0 Å². The monoisotopic (exact) mass is 573 g/mol. The first-order valence-corrected chi connectivity index (χ1v) is 14.4.